The van der Waals surface area contributed by atoms with Crippen molar-refractivity contribution < 1.29 is 53.3 Å². The summed E-state index contributed by atoms with van der Waals surface area (Å²) in [4.78, 5) is 45.0. The molecular formula is C29H17Cl2N5O12S3. The number of nitrogens with one attached hydrogen (secondary N) is 2. The molecule has 22 heteroatoms. The highest BCUT2D eigenvalue weighted by molar-refractivity contribution is 7.87. The van der Waals surface area contributed by atoms with Crippen molar-refractivity contribution in [3.63, 3.8) is 0 Å². The molecule has 1 aromatic heterocycles. The lowest BCUT2D eigenvalue weighted by atomic mass is 9.82. The summed E-state index contributed by atoms with van der Waals surface area (Å²) in [5.41, 5.74) is 1.37. The molecule has 1 aliphatic carbocycles. The fraction of sp³-hybridized carbons (Fsp3) is 0. The van der Waals surface area contributed by atoms with Crippen molar-refractivity contribution in [2.75, 3.05) is 16.4 Å². The van der Waals surface area contributed by atoms with Crippen LogP contribution in [0.2, 0.25) is 10.3 Å². The van der Waals surface area contributed by atoms with Crippen molar-refractivity contribution in [2.45, 2.75) is 14.7 Å². The average Bonchev–Trinajstić information content (AvgIpc) is 3.03. The van der Waals surface area contributed by atoms with Gasteiger partial charge in [0.1, 0.15) is 14.7 Å². The van der Waals surface area contributed by atoms with Crippen LogP contribution >= 0.6 is 23.2 Å². The van der Waals surface area contributed by atoms with E-state index in [1.54, 1.807) is 0 Å². The minimum absolute atomic E-state index is 0.0830. The number of halogens is 2. The highest BCUT2D eigenvalue weighted by Gasteiger charge is 2.37. The lowest BCUT2D eigenvalue weighted by Crippen LogP contribution is -2.25. The first kappa shape index (κ1) is 35.8. The van der Waals surface area contributed by atoms with Crippen molar-refractivity contribution in [2.24, 2.45) is 0 Å². The second-order valence-electron chi connectivity index (χ2n) is 10.6. The van der Waals surface area contributed by atoms with E-state index in [9.17, 15) is 53.3 Å². The molecule has 1 amide bonds. The van der Waals surface area contributed by atoms with Gasteiger partial charge in [-0.2, -0.15) is 25.3 Å². The standard InChI is InChI=1S/C29H17Cl2N5O12S3/c30-27-28(31)35-15-7-11(5-6-14(15)34-27)29(39)36-17-8-16(19(49(40,41)42)10-20(17)50(43,44)45)33-18-9-21(51(46,47)48)24(32)23-22(18)25(37)12-3-1-2-4-13(12)26(23)38/h1-10,33H,32H2,(H,36,39)(H,40,41,42)(H,43,44,45)(H,46,47,48). The van der Waals surface area contributed by atoms with Crippen LogP contribution in [0, 0.1) is 0 Å². The Balaban J connectivity index is 1.56. The number of nitrogen functional groups attached to an aromatic ring is 1. The summed E-state index contributed by atoms with van der Waals surface area (Å²) in [6.45, 7) is 0. The normalized spacial score (nSPS) is 13.1. The van der Waals surface area contributed by atoms with Crippen LogP contribution in [0.15, 0.2) is 75.4 Å². The number of hydrogen-bond donors (Lipinski definition) is 6. The van der Waals surface area contributed by atoms with Gasteiger partial charge < -0.3 is 16.4 Å². The Hall–Kier alpha value is -5.06. The molecule has 0 saturated carbocycles. The molecule has 4 aromatic carbocycles. The third kappa shape index (κ3) is 6.50. The molecule has 262 valence electrons. The Labute approximate surface area is 296 Å². The topological polar surface area (TPSA) is 290 Å². The van der Waals surface area contributed by atoms with E-state index in [-0.39, 0.29) is 44.1 Å². The number of rotatable bonds is 7. The Bertz CT molecular complexity index is 2780. The lowest BCUT2D eigenvalue weighted by molar-refractivity contribution is 0.0980. The summed E-state index contributed by atoms with van der Waals surface area (Å²) in [6, 6.07) is 10.6. The van der Waals surface area contributed by atoms with Crippen molar-refractivity contribution in [3.8, 4) is 0 Å². The molecular weight excluding hydrogens is 777 g/mol. The lowest BCUT2D eigenvalue weighted by Gasteiger charge is -2.24. The SMILES string of the molecule is Nc1c(S(=O)(=O)O)cc(Nc2cc(NC(=O)c3ccc4nc(Cl)c(Cl)nc4c3)c(S(=O)(=O)O)cc2S(=O)(=O)O)c2c1C(=O)c1ccccc1C2=O. The average molecular weight is 795 g/mol. The zero-order valence-corrected chi connectivity index (χ0v) is 28.7. The van der Waals surface area contributed by atoms with Gasteiger partial charge in [-0.15, -0.1) is 0 Å². The number of ketones is 2. The summed E-state index contributed by atoms with van der Waals surface area (Å²) in [5.74, 6) is -2.91. The quantitative estimate of drug-likeness (QED) is 0.0982. The van der Waals surface area contributed by atoms with Gasteiger partial charge in [0.15, 0.2) is 21.9 Å². The minimum Gasteiger partial charge on any atom is -0.397 e. The zero-order chi connectivity index (χ0) is 37.4. The first-order valence-corrected chi connectivity index (χ1v) is 18.7. The molecule has 0 radical (unpaired) electrons. The highest BCUT2D eigenvalue weighted by atomic mass is 35.5. The van der Waals surface area contributed by atoms with Crippen LogP contribution in [-0.2, 0) is 30.4 Å². The predicted molar refractivity (Wildman–Crippen MR) is 181 cm³/mol. The Morgan fingerprint density at radius 2 is 1.18 bits per heavy atom. The number of aromatic nitrogens is 2. The van der Waals surface area contributed by atoms with Crippen LogP contribution in [-0.4, -0.2) is 66.4 Å². The summed E-state index contributed by atoms with van der Waals surface area (Å²) < 4.78 is 105. The fourth-order valence-electron chi connectivity index (χ4n) is 5.28. The van der Waals surface area contributed by atoms with E-state index < -0.39 is 96.4 Å². The maximum atomic E-state index is 13.7. The van der Waals surface area contributed by atoms with Gasteiger partial charge in [-0.05, 0) is 36.4 Å². The number of hydrogen-bond acceptors (Lipinski definition) is 13. The van der Waals surface area contributed by atoms with Gasteiger partial charge in [-0.3, -0.25) is 28.0 Å². The van der Waals surface area contributed by atoms with E-state index in [2.05, 4.69) is 20.6 Å². The predicted octanol–water partition coefficient (Wildman–Crippen LogP) is 4.03. The summed E-state index contributed by atoms with van der Waals surface area (Å²) in [5, 5.41) is 4.24. The Morgan fingerprint density at radius 3 is 1.75 bits per heavy atom. The fourth-order valence-corrected chi connectivity index (χ4v) is 7.58. The zero-order valence-electron chi connectivity index (χ0n) is 24.7. The van der Waals surface area contributed by atoms with Gasteiger partial charge in [0.05, 0.1) is 44.9 Å². The highest BCUT2D eigenvalue weighted by Crippen LogP contribution is 2.42. The van der Waals surface area contributed by atoms with Crippen LogP contribution < -0.4 is 16.4 Å². The van der Waals surface area contributed by atoms with Crippen LogP contribution in [0.5, 0.6) is 0 Å². The molecule has 7 N–H and O–H groups in total. The molecule has 6 rings (SSSR count). The van der Waals surface area contributed by atoms with Gasteiger partial charge in [0, 0.05) is 16.7 Å². The first-order valence-electron chi connectivity index (χ1n) is 13.6. The monoisotopic (exact) mass is 793 g/mol. The molecule has 5 aromatic rings. The maximum Gasteiger partial charge on any atom is 0.296 e. The Kier molecular flexibility index (Phi) is 8.63. The molecule has 1 heterocycles. The van der Waals surface area contributed by atoms with E-state index >= 15 is 0 Å². The van der Waals surface area contributed by atoms with Crippen molar-refractivity contribution in [3.05, 3.63) is 98.8 Å². The van der Waals surface area contributed by atoms with Crippen LogP contribution in [0.4, 0.5) is 22.7 Å². The van der Waals surface area contributed by atoms with E-state index in [0.29, 0.717) is 12.1 Å². The number of nitrogens with two attached hydrogens (primary N) is 1. The van der Waals surface area contributed by atoms with Crippen molar-refractivity contribution in [1.82, 2.24) is 9.97 Å². The van der Waals surface area contributed by atoms with Gasteiger partial charge >= 0.3 is 0 Å². The largest absolute Gasteiger partial charge is 0.397 e. The van der Waals surface area contributed by atoms with E-state index in [4.69, 9.17) is 28.9 Å². The number of benzene rings is 4. The molecule has 0 atom stereocenters. The number of carbonyl (C=O) groups is 3. The Morgan fingerprint density at radius 1 is 0.647 bits per heavy atom. The molecule has 51 heavy (non-hydrogen) atoms. The second kappa shape index (κ2) is 12.3. The number of anilines is 4. The van der Waals surface area contributed by atoms with Gasteiger partial charge in [0.25, 0.3) is 36.3 Å². The summed E-state index contributed by atoms with van der Waals surface area (Å²) in [7, 11) is -16.0. The number of carbonyl (C=O) groups excluding carboxylic acids is 3. The molecule has 17 nitrogen and oxygen atoms in total. The van der Waals surface area contributed by atoms with Gasteiger partial charge in [-0.1, -0.05) is 47.5 Å². The molecule has 0 unspecified atom stereocenters. The molecule has 0 aliphatic heterocycles. The van der Waals surface area contributed by atoms with Crippen molar-refractivity contribution >= 4 is 105 Å². The smallest absolute Gasteiger partial charge is 0.296 e. The van der Waals surface area contributed by atoms with Crippen LogP contribution in [0.25, 0.3) is 11.0 Å². The second-order valence-corrected chi connectivity index (χ2v) is 15.5. The molecule has 1 aliphatic rings. The maximum absolute atomic E-state index is 13.7. The summed E-state index contributed by atoms with van der Waals surface area (Å²) >= 11 is 11.8. The van der Waals surface area contributed by atoms with Crippen LogP contribution in [0.3, 0.4) is 0 Å². The summed E-state index contributed by atoms with van der Waals surface area (Å²) in [6.07, 6.45) is 0. The van der Waals surface area contributed by atoms with Crippen LogP contribution in [0.1, 0.15) is 42.2 Å². The van der Waals surface area contributed by atoms with E-state index in [1.807, 2.05) is 0 Å². The third-order valence-electron chi connectivity index (χ3n) is 7.48. The molecule has 0 bridgehead atoms. The van der Waals surface area contributed by atoms with E-state index in [0.717, 1.165) is 0 Å². The number of fused-ring (bicyclic) bond motifs is 3. The number of amides is 1. The van der Waals surface area contributed by atoms with Crippen molar-refractivity contribution in [1.29, 1.82) is 0 Å². The van der Waals surface area contributed by atoms with Gasteiger partial charge in [0.2, 0.25) is 0 Å². The first-order chi connectivity index (χ1) is 23.7. The molecule has 0 saturated heterocycles. The van der Waals surface area contributed by atoms with Gasteiger partial charge in [-0.25, -0.2) is 9.97 Å². The minimum atomic E-state index is -5.44. The number of nitrogens with zero attached hydrogens (tertiary/aromatic N) is 2. The molecule has 0 fully saturated rings. The third-order valence-corrected chi connectivity index (χ3v) is 10.8. The molecule has 0 spiro atoms. The van der Waals surface area contributed by atoms with E-state index in [1.165, 1.54) is 42.5 Å².